The number of fused-ring (bicyclic) bond motifs is 4. The Morgan fingerprint density at radius 3 is 2.74 bits per heavy atom. The number of nitrogens with one attached hydrogen (secondary N) is 1. The highest BCUT2D eigenvalue weighted by molar-refractivity contribution is 6.43. The third kappa shape index (κ3) is 5.83. The van der Waals surface area contributed by atoms with Crippen molar-refractivity contribution in [3.05, 3.63) is 75.5 Å². The standard InChI is InChI=1S/C39H36Cl2F3N7O2/c1-19-26-13-31(30-12-23(17-50(30)39(52)20-7-8-20)53-24-15-47-49(16-24)18-32(42)43)51(37-22-11-29(37)46-14-22)38(26)27-10-21(4-3-9-45)33(35(44)36(27)48-19)25-5-2-6-28(40)34(25)41/h2,5-6,10,13,15-16,20,22-23,29-30,32,37,46H,3-4,7-8,11-12,14,17-18H2,1H3/t22-,23+,29-,30-,37+/m1/s1. The number of halogens is 5. The predicted octanol–water partition coefficient (Wildman–Crippen LogP) is 8.19. The van der Waals surface area contributed by atoms with Gasteiger partial charge in [0.05, 0.1) is 52.7 Å². The van der Waals surface area contributed by atoms with E-state index in [9.17, 15) is 18.8 Å². The summed E-state index contributed by atoms with van der Waals surface area (Å²) in [6.07, 6.45) is 3.59. The number of benzene rings is 2. The fourth-order valence-electron chi connectivity index (χ4n) is 8.91. The van der Waals surface area contributed by atoms with E-state index in [4.69, 9.17) is 32.9 Å². The molecule has 2 aromatic carbocycles. The zero-order valence-electron chi connectivity index (χ0n) is 28.8. The Balaban J connectivity index is 1.22. The monoisotopic (exact) mass is 761 g/mol. The molecule has 10 rings (SSSR count). The van der Waals surface area contributed by atoms with Gasteiger partial charge < -0.3 is 19.5 Å². The minimum atomic E-state index is -2.55. The maximum Gasteiger partial charge on any atom is 0.257 e. The van der Waals surface area contributed by atoms with E-state index < -0.39 is 24.9 Å². The highest BCUT2D eigenvalue weighted by Gasteiger charge is 2.51. The number of hydrogen-bond donors (Lipinski definition) is 1. The lowest BCUT2D eigenvalue weighted by Gasteiger charge is -2.39. The number of nitriles is 1. The fourth-order valence-corrected chi connectivity index (χ4v) is 9.30. The molecule has 5 aromatic rings. The molecule has 14 heteroatoms. The molecule has 2 bridgehead atoms. The molecule has 9 nitrogen and oxygen atoms in total. The maximum atomic E-state index is 17.2. The average Bonchev–Trinajstić information content (AvgIpc) is 3.56. The van der Waals surface area contributed by atoms with Crippen LogP contribution in [0.15, 0.2) is 42.7 Å². The Kier molecular flexibility index (Phi) is 8.59. The van der Waals surface area contributed by atoms with Gasteiger partial charge in [0, 0.05) is 64.6 Å². The first-order valence-electron chi connectivity index (χ1n) is 18.1. The van der Waals surface area contributed by atoms with Gasteiger partial charge in [-0.1, -0.05) is 35.3 Å². The van der Waals surface area contributed by atoms with Gasteiger partial charge in [-0.15, -0.1) is 0 Å². The molecule has 2 saturated carbocycles. The Hall–Kier alpha value is -4.31. The summed E-state index contributed by atoms with van der Waals surface area (Å²) in [5, 5.41) is 19.3. The van der Waals surface area contributed by atoms with Crippen molar-refractivity contribution >= 4 is 50.9 Å². The van der Waals surface area contributed by atoms with Crippen LogP contribution in [0.3, 0.4) is 0 Å². The fraction of sp³-hybridized carbons (Fsp3) is 0.436. The van der Waals surface area contributed by atoms with Gasteiger partial charge >= 0.3 is 0 Å². The van der Waals surface area contributed by atoms with Crippen molar-refractivity contribution in [3.8, 4) is 22.9 Å². The van der Waals surface area contributed by atoms with Gasteiger partial charge in [-0.25, -0.2) is 18.2 Å². The van der Waals surface area contributed by atoms with Crippen molar-refractivity contribution < 1.29 is 22.7 Å². The summed E-state index contributed by atoms with van der Waals surface area (Å²) < 4.78 is 53.1. The van der Waals surface area contributed by atoms with Crippen LogP contribution in [0.25, 0.3) is 32.9 Å². The molecule has 53 heavy (non-hydrogen) atoms. The van der Waals surface area contributed by atoms with Crippen LogP contribution in [0, 0.1) is 35.9 Å². The third-order valence-corrected chi connectivity index (χ3v) is 12.3. The lowest BCUT2D eigenvalue weighted by atomic mass is 9.79. The average molecular weight is 763 g/mol. The molecule has 274 valence electrons. The van der Waals surface area contributed by atoms with E-state index >= 15 is 4.39 Å². The zero-order chi connectivity index (χ0) is 36.7. The van der Waals surface area contributed by atoms with Crippen molar-refractivity contribution in [2.45, 2.75) is 82.6 Å². The van der Waals surface area contributed by atoms with Gasteiger partial charge in [0.15, 0.2) is 11.6 Å². The molecule has 3 saturated heterocycles. The lowest BCUT2D eigenvalue weighted by Crippen LogP contribution is -2.41. The molecule has 2 aliphatic carbocycles. The summed E-state index contributed by atoms with van der Waals surface area (Å²) in [6.45, 7) is 2.54. The van der Waals surface area contributed by atoms with Gasteiger partial charge in [-0.05, 0) is 62.3 Å². The largest absolute Gasteiger partial charge is 0.485 e. The van der Waals surface area contributed by atoms with Crippen molar-refractivity contribution in [2.75, 3.05) is 13.1 Å². The number of aryl methyl sites for hydroxylation is 2. The smallest absolute Gasteiger partial charge is 0.257 e. The van der Waals surface area contributed by atoms with Gasteiger partial charge in [0.2, 0.25) is 5.91 Å². The highest BCUT2D eigenvalue weighted by Crippen LogP contribution is 2.51. The third-order valence-electron chi connectivity index (χ3n) is 11.5. The lowest BCUT2D eigenvalue weighted by molar-refractivity contribution is -0.133. The Labute approximate surface area is 313 Å². The van der Waals surface area contributed by atoms with Crippen LogP contribution >= 0.6 is 23.2 Å². The van der Waals surface area contributed by atoms with E-state index in [1.54, 1.807) is 18.2 Å². The first-order chi connectivity index (χ1) is 25.6. The minimum Gasteiger partial charge on any atom is -0.485 e. The van der Waals surface area contributed by atoms with Crippen LogP contribution in [0.4, 0.5) is 13.2 Å². The normalized spacial score (nSPS) is 23.7. The number of rotatable bonds is 10. The number of likely N-dealkylation sites (tertiary alicyclic amines) is 1. The second kappa shape index (κ2) is 13.2. The molecule has 3 aromatic heterocycles. The molecule has 0 spiro atoms. The van der Waals surface area contributed by atoms with Crippen molar-refractivity contribution in [2.24, 2.45) is 11.8 Å². The van der Waals surface area contributed by atoms with E-state index in [-0.39, 0.29) is 52.5 Å². The van der Waals surface area contributed by atoms with E-state index in [0.717, 1.165) is 47.1 Å². The van der Waals surface area contributed by atoms with Crippen LogP contribution in [0.2, 0.25) is 10.0 Å². The van der Waals surface area contributed by atoms with Gasteiger partial charge in [-0.3, -0.25) is 9.48 Å². The number of aromatic nitrogens is 4. The summed E-state index contributed by atoms with van der Waals surface area (Å²) in [5.74, 6) is 0.239. The molecule has 0 unspecified atom stereocenters. The molecular weight excluding hydrogens is 726 g/mol. The zero-order valence-corrected chi connectivity index (χ0v) is 30.3. The number of carbonyl (C=O) groups excluding carboxylic acids is 1. The quantitative estimate of drug-likeness (QED) is 0.154. The van der Waals surface area contributed by atoms with Gasteiger partial charge in [0.25, 0.3) is 6.43 Å². The van der Waals surface area contributed by atoms with Crippen LogP contribution in [-0.4, -0.2) is 61.8 Å². The molecule has 0 radical (unpaired) electrons. The summed E-state index contributed by atoms with van der Waals surface area (Å²) in [6, 6.07) is 11.3. The molecule has 5 aliphatic rings. The second-order valence-corrected chi connectivity index (χ2v) is 15.6. The summed E-state index contributed by atoms with van der Waals surface area (Å²) in [4.78, 5) is 20.8. The summed E-state index contributed by atoms with van der Waals surface area (Å²) in [5.41, 5.74) is 3.99. The van der Waals surface area contributed by atoms with Crippen LogP contribution in [-0.2, 0) is 17.8 Å². The van der Waals surface area contributed by atoms with Gasteiger partial charge in [0.1, 0.15) is 18.2 Å². The number of ether oxygens (including phenoxy) is 1. The number of hydrogen-bond acceptors (Lipinski definition) is 6. The predicted molar refractivity (Wildman–Crippen MR) is 195 cm³/mol. The van der Waals surface area contributed by atoms with E-state index in [1.165, 1.54) is 12.4 Å². The van der Waals surface area contributed by atoms with Crippen molar-refractivity contribution in [1.29, 1.82) is 5.26 Å². The maximum absolute atomic E-state index is 17.2. The number of nitrogens with zero attached hydrogens (tertiary/aromatic N) is 6. The van der Waals surface area contributed by atoms with E-state index in [2.05, 4.69) is 27.1 Å². The molecule has 5 atom stereocenters. The number of carbonyl (C=O) groups is 1. The van der Waals surface area contributed by atoms with E-state index in [1.807, 2.05) is 17.9 Å². The second-order valence-electron chi connectivity index (χ2n) is 14.8. The highest BCUT2D eigenvalue weighted by atomic mass is 35.5. The Morgan fingerprint density at radius 2 is 2.02 bits per heavy atom. The Bertz CT molecular complexity index is 2320. The first kappa shape index (κ1) is 34.5. The molecule has 1 N–H and O–H groups in total. The SMILES string of the molecule is Cc1nc2c(F)c(-c3cccc(Cl)c3Cl)c(CCC#N)cc2c2c1cc([C@H]1C[C@H](Oc3cnn(CC(F)F)c3)CN1C(=O)C1CC1)n2[C@H]1[C@H]2CN[C@@H]1C2. The van der Waals surface area contributed by atoms with Crippen LogP contribution < -0.4 is 10.1 Å². The number of alkyl halides is 2. The number of pyridine rings is 1. The molecule has 6 heterocycles. The van der Waals surface area contributed by atoms with Crippen molar-refractivity contribution in [3.63, 3.8) is 0 Å². The van der Waals surface area contributed by atoms with Crippen molar-refractivity contribution in [1.82, 2.24) is 29.5 Å². The molecule has 5 fully saturated rings. The van der Waals surface area contributed by atoms with Crippen LogP contribution in [0.1, 0.15) is 61.1 Å². The van der Waals surface area contributed by atoms with Gasteiger partial charge in [-0.2, -0.15) is 10.4 Å². The van der Waals surface area contributed by atoms with Crippen LogP contribution in [0.5, 0.6) is 5.75 Å². The molecule has 3 aliphatic heterocycles. The summed E-state index contributed by atoms with van der Waals surface area (Å²) in [7, 11) is 0. The molecular formula is C39H36Cl2F3N7O2. The minimum absolute atomic E-state index is 0.0397. The summed E-state index contributed by atoms with van der Waals surface area (Å²) >= 11 is 13.1. The number of amides is 1. The topological polar surface area (TPSA) is 101 Å². The Morgan fingerprint density at radius 1 is 1.19 bits per heavy atom. The molecule has 1 amide bonds. The van der Waals surface area contributed by atoms with E-state index in [0.29, 0.717) is 58.3 Å². The first-order valence-corrected chi connectivity index (χ1v) is 18.9.